The van der Waals surface area contributed by atoms with Gasteiger partial charge in [-0.1, -0.05) is 6.92 Å². The van der Waals surface area contributed by atoms with E-state index in [4.69, 9.17) is 9.72 Å². The Morgan fingerprint density at radius 3 is 2.71 bits per heavy atom. The van der Waals surface area contributed by atoms with Gasteiger partial charge in [0.15, 0.2) is 0 Å². The van der Waals surface area contributed by atoms with Crippen LogP contribution in [-0.4, -0.2) is 29.7 Å². The SMILES string of the molecule is CCC1CCCCN1c1cc(C)nc(Nc2ccc(OC)cc2)n1. The van der Waals surface area contributed by atoms with Gasteiger partial charge in [0.05, 0.1) is 7.11 Å². The van der Waals surface area contributed by atoms with Crippen molar-refractivity contribution >= 4 is 17.5 Å². The molecule has 2 heterocycles. The summed E-state index contributed by atoms with van der Waals surface area (Å²) in [4.78, 5) is 11.7. The normalized spacial score (nSPS) is 17.6. The molecule has 0 saturated carbocycles. The molecule has 1 aromatic heterocycles. The third-order valence-corrected chi connectivity index (χ3v) is 4.58. The summed E-state index contributed by atoms with van der Waals surface area (Å²) in [6.07, 6.45) is 4.96. The maximum atomic E-state index is 5.20. The number of nitrogens with zero attached hydrogens (tertiary/aromatic N) is 3. The van der Waals surface area contributed by atoms with Crippen LogP contribution in [0.1, 0.15) is 38.3 Å². The van der Waals surface area contributed by atoms with Crippen molar-refractivity contribution in [2.75, 3.05) is 23.9 Å². The van der Waals surface area contributed by atoms with Crippen LogP contribution in [0.25, 0.3) is 0 Å². The van der Waals surface area contributed by atoms with Gasteiger partial charge in [-0.05, 0) is 56.9 Å². The van der Waals surface area contributed by atoms with Gasteiger partial charge in [-0.15, -0.1) is 0 Å². The Morgan fingerprint density at radius 1 is 1.21 bits per heavy atom. The zero-order valence-electron chi connectivity index (χ0n) is 14.7. The average molecular weight is 326 g/mol. The largest absolute Gasteiger partial charge is 0.497 e. The molecule has 0 amide bonds. The van der Waals surface area contributed by atoms with E-state index in [0.29, 0.717) is 12.0 Å². The van der Waals surface area contributed by atoms with Crippen molar-refractivity contribution in [1.29, 1.82) is 0 Å². The molecule has 1 saturated heterocycles. The van der Waals surface area contributed by atoms with E-state index in [1.54, 1.807) is 7.11 Å². The van der Waals surface area contributed by atoms with E-state index in [-0.39, 0.29) is 0 Å². The second-order valence-electron chi connectivity index (χ2n) is 6.30. The number of hydrogen-bond acceptors (Lipinski definition) is 5. The summed E-state index contributed by atoms with van der Waals surface area (Å²) in [6.45, 7) is 5.36. The summed E-state index contributed by atoms with van der Waals surface area (Å²) in [7, 11) is 1.67. The van der Waals surface area contributed by atoms with E-state index in [1.807, 2.05) is 31.2 Å². The number of piperidine rings is 1. The number of rotatable bonds is 5. The highest BCUT2D eigenvalue weighted by molar-refractivity contribution is 5.57. The van der Waals surface area contributed by atoms with Crippen LogP contribution in [0.3, 0.4) is 0 Å². The first kappa shape index (κ1) is 16.6. The van der Waals surface area contributed by atoms with E-state index in [0.717, 1.165) is 35.9 Å². The number of methoxy groups -OCH3 is 1. The lowest BCUT2D eigenvalue weighted by atomic mass is 10.00. The van der Waals surface area contributed by atoms with Crippen molar-refractivity contribution in [2.45, 2.75) is 45.6 Å². The van der Waals surface area contributed by atoms with Gasteiger partial charge in [0.1, 0.15) is 11.6 Å². The van der Waals surface area contributed by atoms with Crippen LogP contribution in [-0.2, 0) is 0 Å². The predicted molar refractivity (Wildman–Crippen MR) is 98.3 cm³/mol. The molecule has 128 valence electrons. The van der Waals surface area contributed by atoms with Crippen LogP contribution in [0.2, 0.25) is 0 Å². The lowest BCUT2D eigenvalue weighted by molar-refractivity contribution is 0.415. The number of hydrogen-bond donors (Lipinski definition) is 1. The van der Waals surface area contributed by atoms with Gasteiger partial charge in [-0.2, -0.15) is 4.98 Å². The minimum atomic E-state index is 0.585. The van der Waals surface area contributed by atoms with Crippen molar-refractivity contribution in [1.82, 2.24) is 9.97 Å². The molecule has 1 atom stereocenters. The minimum absolute atomic E-state index is 0.585. The Balaban J connectivity index is 1.82. The Bertz CT molecular complexity index is 672. The van der Waals surface area contributed by atoms with Crippen LogP contribution in [0.4, 0.5) is 17.5 Å². The highest BCUT2D eigenvalue weighted by Crippen LogP contribution is 2.27. The van der Waals surface area contributed by atoms with Crippen molar-refractivity contribution in [3.63, 3.8) is 0 Å². The van der Waals surface area contributed by atoms with Crippen molar-refractivity contribution < 1.29 is 4.74 Å². The van der Waals surface area contributed by atoms with Crippen LogP contribution < -0.4 is 15.0 Å². The third-order valence-electron chi connectivity index (χ3n) is 4.58. The van der Waals surface area contributed by atoms with Crippen molar-refractivity contribution in [3.8, 4) is 5.75 Å². The van der Waals surface area contributed by atoms with Crippen molar-refractivity contribution in [3.05, 3.63) is 36.0 Å². The molecule has 2 aromatic rings. The highest BCUT2D eigenvalue weighted by Gasteiger charge is 2.22. The van der Waals surface area contributed by atoms with Gasteiger partial charge in [0, 0.05) is 30.0 Å². The number of aromatic nitrogens is 2. The predicted octanol–water partition coefficient (Wildman–Crippen LogP) is 4.31. The molecule has 0 spiro atoms. The molecular weight excluding hydrogens is 300 g/mol. The molecule has 1 fully saturated rings. The molecular formula is C19H26N4O. The molecule has 5 nitrogen and oxygen atoms in total. The van der Waals surface area contributed by atoms with Gasteiger partial charge < -0.3 is 15.0 Å². The van der Waals surface area contributed by atoms with Gasteiger partial charge in [-0.25, -0.2) is 4.98 Å². The standard InChI is InChI=1S/C19H26N4O/c1-4-16-7-5-6-12-23(16)18-13-14(2)20-19(22-18)21-15-8-10-17(24-3)11-9-15/h8-11,13,16H,4-7,12H2,1-3H3,(H,20,21,22). The maximum absolute atomic E-state index is 5.20. The Kier molecular flexibility index (Phi) is 5.18. The fourth-order valence-corrected chi connectivity index (χ4v) is 3.29. The first-order valence-corrected chi connectivity index (χ1v) is 8.73. The minimum Gasteiger partial charge on any atom is -0.497 e. The smallest absolute Gasteiger partial charge is 0.229 e. The van der Waals surface area contributed by atoms with Gasteiger partial charge in [-0.3, -0.25) is 0 Å². The molecule has 0 aliphatic carbocycles. The average Bonchev–Trinajstić information content (AvgIpc) is 2.62. The fourth-order valence-electron chi connectivity index (χ4n) is 3.29. The van der Waals surface area contributed by atoms with E-state index >= 15 is 0 Å². The Morgan fingerprint density at radius 2 is 2.00 bits per heavy atom. The maximum Gasteiger partial charge on any atom is 0.229 e. The number of anilines is 3. The topological polar surface area (TPSA) is 50.3 Å². The quantitative estimate of drug-likeness (QED) is 0.887. The lowest BCUT2D eigenvalue weighted by Crippen LogP contribution is -2.39. The van der Waals surface area contributed by atoms with Crippen LogP contribution >= 0.6 is 0 Å². The number of nitrogens with one attached hydrogen (secondary N) is 1. The summed E-state index contributed by atoms with van der Waals surface area (Å²) < 4.78 is 5.20. The van der Waals surface area contributed by atoms with E-state index in [1.165, 1.54) is 19.3 Å². The monoisotopic (exact) mass is 326 g/mol. The Hall–Kier alpha value is -2.30. The van der Waals surface area contributed by atoms with Crippen LogP contribution in [0, 0.1) is 6.92 Å². The van der Waals surface area contributed by atoms with Crippen molar-refractivity contribution in [2.24, 2.45) is 0 Å². The van der Waals surface area contributed by atoms with Crippen LogP contribution in [0.5, 0.6) is 5.75 Å². The second kappa shape index (κ2) is 7.51. The molecule has 3 rings (SSSR count). The molecule has 1 N–H and O–H groups in total. The van der Waals surface area contributed by atoms with Gasteiger partial charge >= 0.3 is 0 Å². The van der Waals surface area contributed by atoms with E-state index < -0.39 is 0 Å². The van der Waals surface area contributed by atoms with E-state index in [2.05, 4.69) is 28.2 Å². The van der Waals surface area contributed by atoms with E-state index in [9.17, 15) is 0 Å². The Labute approximate surface area is 144 Å². The summed E-state index contributed by atoms with van der Waals surface area (Å²) in [6, 6.07) is 10.5. The number of benzene rings is 1. The number of ether oxygens (including phenoxy) is 1. The first-order chi connectivity index (χ1) is 11.7. The molecule has 5 heteroatoms. The van der Waals surface area contributed by atoms with Crippen LogP contribution in [0.15, 0.2) is 30.3 Å². The summed E-state index contributed by atoms with van der Waals surface area (Å²) in [5.41, 5.74) is 1.94. The van der Waals surface area contributed by atoms with Gasteiger partial charge in [0.25, 0.3) is 0 Å². The lowest BCUT2D eigenvalue weighted by Gasteiger charge is -2.36. The molecule has 24 heavy (non-hydrogen) atoms. The number of aryl methyl sites for hydroxylation is 1. The van der Waals surface area contributed by atoms with Gasteiger partial charge in [0.2, 0.25) is 5.95 Å². The molecule has 0 bridgehead atoms. The molecule has 1 unspecified atom stereocenters. The zero-order chi connectivity index (χ0) is 16.9. The zero-order valence-corrected chi connectivity index (χ0v) is 14.7. The molecule has 1 aliphatic heterocycles. The first-order valence-electron chi connectivity index (χ1n) is 8.73. The summed E-state index contributed by atoms with van der Waals surface area (Å²) >= 11 is 0. The molecule has 0 radical (unpaired) electrons. The summed E-state index contributed by atoms with van der Waals surface area (Å²) in [5, 5.41) is 3.30. The fraction of sp³-hybridized carbons (Fsp3) is 0.474. The molecule has 1 aliphatic rings. The third kappa shape index (κ3) is 3.78. The second-order valence-corrected chi connectivity index (χ2v) is 6.30. The molecule has 1 aromatic carbocycles. The highest BCUT2D eigenvalue weighted by atomic mass is 16.5. The summed E-state index contributed by atoms with van der Waals surface area (Å²) in [5.74, 6) is 2.52.